The molecule has 0 aliphatic carbocycles. The third-order valence-electron chi connectivity index (χ3n) is 5.23. The first-order chi connectivity index (χ1) is 16.6. The van der Waals surface area contributed by atoms with Crippen LogP contribution in [0.1, 0.15) is 51.7 Å². The Morgan fingerprint density at radius 3 is 2.62 bits per heavy atom. The van der Waals surface area contributed by atoms with Crippen molar-refractivity contribution in [1.82, 2.24) is 10.2 Å². The first-order valence-electron chi connectivity index (χ1n) is 11.6. The van der Waals surface area contributed by atoms with Gasteiger partial charge in [0.15, 0.2) is 0 Å². The van der Waals surface area contributed by atoms with Crippen molar-refractivity contribution in [3.63, 3.8) is 0 Å². The second-order valence-electron chi connectivity index (χ2n) is 7.36. The molecule has 2 aromatic carbocycles. The Labute approximate surface area is 193 Å². The van der Waals surface area contributed by atoms with Gasteiger partial charge in [0.25, 0.3) is 5.91 Å². The fraction of sp³-hybridized carbons (Fsp3) is 0.304. The summed E-state index contributed by atoms with van der Waals surface area (Å²) in [6.45, 7) is -0.265. The predicted molar refractivity (Wildman–Crippen MR) is 111 cm³/mol. The van der Waals surface area contributed by atoms with Gasteiger partial charge < -0.3 is 4.90 Å². The molecule has 1 atom stereocenters. The molecule has 4 rings (SSSR count). The molecule has 3 amide bonds. The number of carbonyl (C=O) groups is 4. The summed E-state index contributed by atoms with van der Waals surface area (Å²) in [5, 5.41) is 2.21. The maximum Gasteiger partial charge on any atom is 0.330 e. The highest BCUT2D eigenvalue weighted by atomic mass is 35.5. The van der Waals surface area contributed by atoms with Crippen molar-refractivity contribution in [2.24, 2.45) is 0 Å². The van der Waals surface area contributed by atoms with Crippen molar-refractivity contribution < 1.29 is 33.4 Å². The van der Waals surface area contributed by atoms with Crippen molar-refractivity contribution in [2.75, 3.05) is 0 Å². The fourth-order valence-electron chi connectivity index (χ4n) is 3.56. The lowest BCUT2D eigenvalue weighted by atomic mass is 9.97. The van der Waals surface area contributed by atoms with Crippen molar-refractivity contribution >= 4 is 35.1 Å². The maximum absolute atomic E-state index is 14.7. The van der Waals surface area contributed by atoms with Gasteiger partial charge in [0.1, 0.15) is 6.04 Å². The average molecular weight is 465 g/mol. The molecule has 2 heterocycles. The molecule has 1 N–H and O–H groups in total. The third kappa shape index (κ3) is 4.14. The monoisotopic (exact) mass is 464 g/mol. The summed E-state index contributed by atoms with van der Waals surface area (Å²) < 4.78 is 62.1. The predicted octanol–water partition coefficient (Wildman–Crippen LogP) is 3.39. The van der Waals surface area contributed by atoms with Gasteiger partial charge in [-0.05, 0) is 42.1 Å². The van der Waals surface area contributed by atoms with Gasteiger partial charge in [-0.2, -0.15) is 8.78 Å². The minimum atomic E-state index is -3.96. The molecule has 0 saturated carbocycles. The molecule has 0 radical (unpaired) electrons. The van der Waals surface area contributed by atoms with Crippen LogP contribution in [0.4, 0.5) is 8.78 Å². The molecule has 2 aliphatic rings. The van der Waals surface area contributed by atoms with Crippen molar-refractivity contribution in [1.29, 1.82) is 0 Å². The molecule has 0 bridgehead atoms. The van der Waals surface area contributed by atoms with E-state index in [1.165, 1.54) is 30.3 Å². The van der Waals surface area contributed by atoms with E-state index in [0.29, 0.717) is 0 Å². The van der Waals surface area contributed by atoms with Crippen LogP contribution < -0.4 is 5.32 Å². The van der Waals surface area contributed by atoms with Crippen LogP contribution in [-0.2, 0) is 33.2 Å². The molecular weight excluding hydrogens is 442 g/mol. The van der Waals surface area contributed by atoms with Crippen molar-refractivity contribution in [3.8, 4) is 0 Å². The zero-order valence-corrected chi connectivity index (χ0v) is 17.2. The third-order valence-corrected chi connectivity index (χ3v) is 5.48. The Hall–Kier alpha value is -3.13. The molecule has 2 aromatic rings. The molecule has 1 unspecified atom stereocenters. The highest BCUT2D eigenvalue weighted by molar-refractivity contribution is 6.30. The molecule has 9 heteroatoms. The molecule has 1 fully saturated rings. The average Bonchev–Trinajstić information content (AvgIpc) is 3.07. The number of amides is 3. The Kier molecular flexibility index (Phi) is 4.59. The molecule has 0 spiro atoms. The van der Waals surface area contributed by atoms with Crippen LogP contribution >= 0.6 is 11.6 Å². The van der Waals surface area contributed by atoms with Crippen LogP contribution in [0.25, 0.3) is 0 Å². The van der Waals surface area contributed by atoms with Crippen LogP contribution in [0.15, 0.2) is 42.5 Å². The Bertz CT molecular complexity index is 1290. The van der Waals surface area contributed by atoms with Crippen LogP contribution in [0.2, 0.25) is 5.02 Å². The summed E-state index contributed by atoms with van der Waals surface area (Å²) in [5.74, 6) is -8.08. The maximum atomic E-state index is 14.7. The minimum Gasteiger partial charge on any atom is -0.322 e. The molecule has 166 valence electrons. The lowest BCUT2D eigenvalue weighted by Gasteiger charge is -2.29. The lowest BCUT2D eigenvalue weighted by molar-refractivity contribution is -0.144. The topological polar surface area (TPSA) is 83.6 Å². The highest BCUT2D eigenvalue weighted by Crippen LogP contribution is 2.32. The number of nitrogens with one attached hydrogen (secondary N) is 1. The van der Waals surface area contributed by atoms with E-state index in [1.807, 2.05) is 5.32 Å². The fourth-order valence-corrected chi connectivity index (χ4v) is 3.69. The van der Waals surface area contributed by atoms with Crippen LogP contribution in [0.5, 0.6) is 0 Å². The number of halogens is 3. The number of hydrogen-bond donors (Lipinski definition) is 1. The van der Waals surface area contributed by atoms with E-state index >= 15 is 0 Å². The Morgan fingerprint density at radius 1 is 1.22 bits per heavy atom. The van der Waals surface area contributed by atoms with Gasteiger partial charge in [-0.3, -0.25) is 24.5 Å². The minimum absolute atomic E-state index is 0.0767. The zero-order chi connectivity index (χ0) is 26.6. The van der Waals surface area contributed by atoms with E-state index in [2.05, 4.69) is 0 Å². The number of fused-ring (bicyclic) bond motifs is 1. The largest absolute Gasteiger partial charge is 0.330 e. The first-order valence-corrected chi connectivity index (χ1v) is 9.96. The number of aryl methyl sites for hydroxylation is 1. The van der Waals surface area contributed by atoms with Gasteiger partial charge in [0.2, 0.25) is 17.6 Å². The number of rotatable bonds is 6. The second kappa shape index (κ2) is 8.43. The van der Waals surface area contributed by atoms with Gasteiger partial charge in [0, 0.05) is 41.0 Å². The molecule has 2 aliphatic heterocycles. The van der Waals surface area contributed by atoms with Crippen molar-refractivity contribution in [3.05, 3.63) is 69.7 Å². The van der Waals surface area contributed by atoms with Gasteiger partial charge in [-0.1, -0.05) is 35.9 Å². The van der Waals surface area contributed by atoms with E-state index in [-0.39, 0.29) is 28.3 Å². The molecule has 6 nitrogen and oxygen atoms in total. The summed E-state index contributed by atoms with van der Waals surface area (Å²) >= 11 is 5.70. The van der Waals surface area contributed by atoms with Gasteiger partial charge >= 0.3 is 5.92 Å². The number of nitrogens with zero attached hydrogens (tertiary/aromatic N) is 1. The number of benzene rings is 2. The number of Topliss-reactive ketones (excluding diaryl/α,β-unsaturated/α-hetero) is 1. The number of alkyl halides is 2. The summed E-state index contributed by atoms with van der Waals surface area (Å²) in [4.78, 5) is 50.2. The zero-order valence-electron chi connectivity index (χ0n) is 20.5. The van der Waals surface area contributed by atoms with E-state index in [9.17, 15) is 28.0 Å². The highest BCUT2D eigenvalue weighted by Gasteiger charge is 2.41. The second-order valence-corrected chi connectivity index (χ2v) is 7.80. The number of hydrogen-bond acceptors (Lipinski definition) is 4. The molecule has 1 saturated heterocycles. The number of piperidine rings is 1. The van der Waals surface area contributed by atoms with E-state index in [1.54, 1.807) is 0 Å². The molecule has 32 heavy (non-hydrogen) atoms. The number of ketones is 1. The number of carbonyl (C=O) groups excluding carboxylic acids is 4. The normalized spacial score (nSPS) is 22.4. The van der Waals surface area contributed by atoms with Crippen LogP contribution in [0.3, 0.4) is 0 Å². The van der Waals surface area contributed by atoms with Crippen LogP contribution in [-0.4, -0.2) is 34.4 Å². The van der Waals surface area contributed by atoms with Gasteiger partial charge in [-0.25, -0.2) is 0 Å². The van der Waals surface area contributed by atoms with Crippen LogP contribution in [0, 0.1) is 0 Å². The SMILES string of the molecule is [2H]C([2H])(CC(=O)C(F)(F)c1ccc(Cl)cc1)c1ccc2c(c1)CN(C1C(=O)NC(=O)CC1([2H])[2H])C2=O. The van der Waals surface area contributed by atoms with Crippen molar-refractivity contribution in [2.45, 2.75) is 44.1 Å². The summed E-state index contributed by atoms with van der Waals surface area (Å²) in [7, 11) is 0. The lowest BCUT2D eigenvalue weighted by Crippen LogP contribution is -2.52. The summed E-state index contributed by atoms with van der Waals surface area (Å²) in [6, 6.07) is 6.44. The number of imide groups is 1. The quantitative estimate of drug-likeness (QED) is 0.664. The Morgan fingerprint density at radius 2 is 1.94 bits per heavy atom. The summed E-state index contributed by atoms with van der Waals surface area (Å²) in [6.07, 6.45) is -6.63. The standard InChI is InChI=1S/C23H19ClF2N2O4/c24-16-5-3-15(4-6-16)23(25,26)19(29)9-2-13-1-7-17-14(11-13)12-28(22(17)32)18-8-10-20(30)27-21(18)31/h1,3-7,11,18H,2,8-10,12H2,(H,27,30,31)/i2D2,8D2. The van der Waals surface area contributed by atoms with E-state index in [0.717, 1.165) is 17.0 Å². The van der Waals surface area contributed by atoms with Gasteiger partial charge in [0.05, 0.1) is 0 Å². The first kappa shape index (κ1) is 17.4. The molecular formula is C23H19ClF2N2O4. The van der Waals surface area contributed by atoms with Gasteiger partial charge in [-0.15, -0.1) is 0 Å². The Balaban J connectivity index is 1.57. The molecule has 0 aromatic heterocycles. The van der Waals surface area contributed by atoms with E-state index < -0.39 is 66.6 Å². The smallest absolute Gasteiger partial charge is 0.322 e. The summed E-state index contributed by atoms with van der Waals surface area (Å²) in [5.41, 5.74) is -0.449. The van der Waals surface area contributed by atoms with E-state index in [4.69, 9.17) is 17.1 Å².